The van der Waals surface area contributed by atoms with Crippen LogP contribution in [-0.4, -0.2) is 23.6 Å². The molecule has 32 heavy (non-hydrogen) atoms. The number of hydrogen-bond donors (Lipinski definition) is 2. The van der Waals surface area contributed by atoms with Crippen LogP contribution in [0.25, 0.3) is 0 Å². The number of nitrogens with one attached hydrogen (secondary N) is 2. The van der Waals surface area contributed by atoms with Gasteiger partial charge in [0.15, 0.2) is 0 Å². The predicted octanol–water partition coefficient (Wildman–Crippen LogP) is 4.41. The molecule has 2 rings (SSSR count). The van der Waals surface area contributed by atoms with E-state index in [4.69, 9.17) is 9.47 Å². The first-order valence-electron chi connectivity index (χ1n) is 9.53. The summed E-state index contributed by atoms with van der Waals surface area (Å²) in [6.45, 7) is 4.91. The Balaban J connectivity index is 1.78. The molecule has 0 fully saturated rings. The lowest BCUT2D eigenvalue weighted by Gasteiger charge is -2.19. The van der Waals surface area contributed by atoms with E-state index < -0.39 is 35.3 Å². The van der Waals surface area contributed by atoms with Crippen molar-refractivity contribution in [3.63, 3.8) is 0 Å². The lowest BCUT2D eigenvalue weighted by atomic mass is 10.1. The molecule has 0 atom stereocenters. The summed E-state index contributed by atoms with van der Waals surface area (Å²) in [6, 6.07) is 10.6. The molecule has 2 aromatic carbocycles. The Labute approximate surface area is 182 Å². The molecule has 0 aliphatic rings. The third-order valence-electron chi connectivity index (χ3n) is 3.89. The van der Waals surface area contributed by atoms with Gasteiger partial charge < -0.3 is 14.8 Å². The molecule has 0 radical (unpaired) electrons. The van der Waals surface area contributed by atoms with Crippen LogP contribution in [0.3, 0.4) is 0 Å². The van der Waals surface area contributed by atoms with Crippen LogP contribution in [0.15, 0.2) is 48.5 Å². The molecule has 10 heteroatoms. The number of carbonyl (C=O) groups excluding carboxylic acids is 3. The fourth-order valence-corrected chi connectivity index (χ4v) is 2.39. The number of halogens is 3. The number of amides is 2. The van der Waals surface area contributed by atoms with E-state index in [-0.39, 0.29) is 13.2 Å². The van der Waals surface area contributed by atoms with Gasteiger partial charge in [0, 0.05) is 12.2 Å². The van der Waals surface area contributed by atoms with Crippen LogP contribution in [0.1, 0.15) is 37.5 Å². The Bertz CT molecular complexity index is 950. The van der Waals surface area contributed by atoms with Crippen LogP contribution in [0.4, 0.5) is 23.7 Å². The van der Waals surface area contributed by atoms with E-state index in [1.165, 1.54) is 12.1 Å². The van der Waals surface area contributed by atoms with Gasteiger partial charge in [-0.05, 0) is 56.2 Å². The highest BCUT2D eigenvalue weighted by molar-refractivity contribution is 6.32. The molecule has 0 saturated heterocycles. The highest BCUT2D eigenvalue weighted by atomic mass is 19.4. The van der Waals surface area contributed by atoms with Gasteiger partial charge in [-0.25, -0.2) is 9.59 Å². The zero-order chi connectivity index (χ0) is 23.9. The largest absolute Gasteiger partial charge is 0.454 e. The highest BCUT2D eigenvalue weighted by Crippen LogP contribution is 2.29. The molecule has 0 heterocycles. The number of esters is 1. The van der Waals surface area contributed by atoms with E-state index in [9.17, 15) is 27.6 Å². The number of rotatable bonds is 5. The SMILES string of the molecule is CC(C)(C)OC(=O)Nc1ccc(COC(=O)C(=O)NCc2ccc(C(F)(F)F)cc2)cc1. The first-order chi connectivity index (χ1) is 14.8. The quantitative estimate of drug-likeness (QED) is 0.518. The average Bonchev–Trinajstić information content (AvgIpc) is 2.69. The summed E-state index contributed by atoms with van der Waals surface area (Å²) in [6.07, 6.45) is -5.06. The molecule has 0 aromatic heterocycles. The number of hydrogen-bond acceptors (Lipinski definition) is 5. The van der Waals surface area contributed by atoms with E-state index in [0.29, 0.717) is 16.8 Å². The van der Waals surface area contributed by atoms with Crippen LogP contribution in [-0.2, 0) is 38.4 Å². The minimum absolute atomic E-state index is 0.128. The van der Waals surface area contributed by atoms with Gasteiger partial charge in [0.25, 0.3) is 0 Å². The van der Waals surface area contributed by atoms with Gasteiger partial charge in [-0.3, -0.25) is 10.1 Å². The van der Waals surface area contributed by atoms with Crippen molar-refractivity contribution in [2.24, 2.45) is 0 Å². The monoisotopic (exact) mass is 452 g/mol. The summed E-state index contributed by atoms with van der Waals surface area (Å²) in [5.74, 6) is -2.15. The van der Waals surface area contributed by atoms with Crippen molar-refractivity contribution in [2.45, 2.75) is 45.7 Å². The summed E-state index contributed by atoms with van der Waals surface area (Å²) in [5.41, 5.74) is 0.00413. The number of alkyl halides is 3. The molecule has 2 amide bonds. The zero-order valence-corrected chi connectivity index (χ0v) is 17.7. The summed E-state index contributed by atoms with van der Waals surface area (Å²) in [4.78, 5) is 35.4. The zero-order valence-electron chi connectivity index (χ0n) is 17.7. The Kier molecular flexibility index (Phi) is 7.85. The summed E-state index contributed by atoms with van der Waals surface area (Å²) in [5, 5.41) is 4.84. The van der Waals surface area contributed by atoms with Crippen molar-refractivity contribution in [3.8, 4) is 0 Å². The molecular weight excluding hydrogens is 429 g/mol. The van der Waals surface area contributed by atoms with E-state index >= 15 is 0 Å². The predicted molar refractivity (Wildman–Crippen MR) is 109 cm³/mol. The molecule has 172 valence electrons. The van der Waals surface area contributed by atoms with Crippen molar-refractivity contribution in [1.29, 1.82) is 0 Å². The Morgan fingerprint density at radius 2 is 1.44 bits per heavy atom. The van der Waals surface area contributed by atoms with Crippen molar-refractivity contribution in [2.75, 3.05) is 5.32 Å². The van der Waals surface area contributed by atoms with E-state index in [0.717, 1.165) is 12.1 Å². The van der Waals surface area contributed by atoms with Gasteiger partial charge in [0.2, 0.25) is 0 Å². The molecule has 2 aromatic rings. The van der Waals surface area contributed by atoms with Crippen molar-refractivity contribution in [1.82, 2.24) is 5.32 Å². The minimum atomic E-state index is -4.45. The van der Waals surface area contributed by atoms with E-state index in [2.05, 4.69) is 10.6 Å². The molecule has 0 aliphatic heterocycles. The highest BCUT2D eigenvalue weighted by Gasteiger charge is 2.30. The second kappa shape index (κ2) is 10.2. The smallest absolute Gasteiger partial charge is 0.416 e. The van der Waals surface area contributed by atoms with Gasteiger partial charge in [-0.1, -0.05) is 24.3 Å². The van der Waals surface area contributed by atoms with Gasteiger partial charge in [0.05, 0.1) is 5.56 Å². The first kappa shape index (κ1) is 24.7. The van der Waals surface area contributed by atoms with Crippen LogP contribution >= 0.6 is 0 Å². The number of carbonyl (C=O) groups is 3. The molecule has 2 N–H and O–H groups in total. The first-order valence-corrected chi connectivity index (χ1v) is 9.53. The standard InChI is InChI=1S/C22H23F3N2O5/c1-21(2,3)32-20(30)27-17-10-6-15(7-11-17)13-31-19(29)18(28)26-12-14-4-8-16(9-5-14)22(23,24)25/h4-11H,12-13H2,1-3H3,(H,26,28)(H,27,30). The molecule has 0 spiro atoms. The maximum absolute atomic E-state index is 12.5. The fraction of sp³-hybridized carbons (Fsp3) is 0.318. The van der Waals surface area contributed by atoms with Gasteiger partial charge in [-0.15, -0.1) is 0 Å². The maximum atomic E-state index is 12.5. The van der Waals surface area contributed by atoms with E-state index in [1.54, 1.807) is 45.0 Å². The van der Waals surface area contributed by atoms with Crippen LogP contribution in [0.2, 0.25) is 0 Å². The molecule has 0 unspecified atom stereocenters. The average molecular weight is 452 g/mol. The number of benzene rings is 2. The second-order valence-corrected chi connectivity index (χ2v) is 7.78. The molecule has 0 aliphatic carbocycles. The summed E-state index contributed by atoms with van der Waals surface area (Å²) in [7, 11) is 0. The van der Waals surface area contributed by atoms with Gasteiger partial charge >= 0.3 is 24.1 Å². The topological polar surface area (TPSA) is 93.7 Å². The molecule has 0 bridgehead atoms. The van der Waals surface area contributed by atoms with Crippen LogP contribution in [0, 0.1) is 0 Å². The van der Waals surface area contributed by atoms with Gasteiger partial charge in [0.1, 0.15) is 12.2 Å². The lowest BCUT2D eigenvalue weighted by Crippen LogP contribution is -2.32. The van der Waals surface area contributed by atoms with E-state index in [1.807, 2.05) is 0 Å². The summed E-state index contributed by atoms with van der Waals surface area (Å²) >= 11 is 0. The normalized spacial score (nSPS) is 11.4. The van der Waals surface area contributed by atoms with Crippen molar-refractivity contribution in [3.05, 3.63) is 65.2 Å². The minimum Gasteiger partial charge on any atom is -0.454 e. The number of anilines is 1. The molecular formula is C22H23F3N2O5. The van der Waals surface area contributed by atoms with Gasteiger partial charge in [-0.2, -0.15) is 13.2 Å². The van der Waals surface area contributed by atoms with Crippen molar-refractivity contribution >= 4 is 23.7 Å². The Morgan fingerprint density at radius 3 is 1.97 bits per heavy atom. The summed E-state index contributed by atoms with van der Waals surface area (Å²) < 4.78 is 47.7. The maximum Gasteiger partial charge on any atom is 0.416 e. The second-order valence-electron chi connectivity index (χ2n) is 7.78. The Hall–Kier alpha value is -3.56. The fourth-order valence-electron chi connectivity index (χ4n) is 2.39. The van der Waals surface area contributed by atoms with Crippen molar-refractivity contribution < 1.29 is 37.0 Å². The lowest BCUT2D eigenvalue weighted by molar-refractivity contribution is -0.155. The third kappa shape index (κ3) is 8.29. The molecule has 0 saturated carbocycles. The van der Waals surface area contributed by atoms with Crippen LogP contribution < -0.4 is 10.6 Å². The molecule has 7 nitrogen and oxygen atoms in total. The van der Waals surface area contributed by atoms with Crippen LogP contribution in [0.5, 0.6) is 0 Å². The third-order valence-corrected chi connectivity index (χ3v) is 3.89. The Morgan fingerprint density at radius 1 is 0.875 bits per heavy atom. The number of ether oxygens (including phenoxy) is 2.